The Labute approximate surface area is 161 Å². The van der Waals surface area contributed by atoms with Crippen molar-refractivity contribution in [1.29, 1.82) is 0 Å². The average Bonchev–Trinajstić information content (AvgIpc) is 2.68. The molecule has 2 aromatic rings. The Bertz CT molecular complexity index is 918. The molecule has 1 aliphatic rings. The quantitative estimate of drug-likeness (QED) is 0.749. The van der Waals surface area contributed by atoms with E-state index in [0.29, 0.717) is 18.9 Å². The summed E-state index contributed by atoms with van der Waals surface area (Å²) in [4.78, 5) is 7.82. The summed E-state index contributed by atoms with van der Waals surface area (Å²) in [7, 11) is -4.07. The molecular weight excluding hydrogens is 395 g/mol. The van der Waals surface area contributed by atoms with Crippen LogP contribution in [-0.4, -0.2) is 41.9 Å². The molecule has 1 saturated heterocycles. The molecule has 0 spiro atoms. The number of rotatable bonds is 5. The van der Waals surface area contributed by atoms with Crippen LogP contribution in [0.2, 0.25) is 0 Å². The van der Waals surface area contributed by atoms with Gasteiger partial charge in [-0.2, -0.15) is 17.5 Å². The van der Waals surface area contributed by atoms with E-state index in [1.54, 1.807) is 12.4 Å². The zero-order valence-corrected chi connectivity index (χ0v) is 16.0. The van der Waals surface area contributed by atoms with Crippen LogP contribution in [0.1, 0.15) is 30.9 Å². The lowest BCUT2D eigenvalue weighted by atomic mass is 10.1. The van der Waals surface area contributed by atoms with E-state index in [4.69, 9.17) is 4.74 Å². The highest BCUT2D eigenvalue weighted by Crippen LogP contribution is 2.31. The number of benzene rings is 1. The maximum absolute atomic E-state index is 12.9. The summed E-state index contributed by atoms with van der Waals surface area (Å²) >= 11 is 0. The van der Waals surface area contributed by atoms with Gasteiger partial charge in [-0.15, -0.1) is 0 Å². The van der Waals surface area contributed by atoms with Crippen LogP contribution in [0.3, 0.4) is 0 Å². The number of sulfonamides is 1. The van der Waals surface area contributed by atoms with E-state index in [9.17, 15) is 21.6 Å². The predicted octanol–water partition coefficient (Wildman–Crippen LogP) is 3.29. The zero-order chi connectivity index (χ0) is 20.4. The highest BCUT2D eigenvalue weighted by atomic mass is 32.2. The average molecular weight is 415 g/mol. The maximum Gasteiger partial charge on any atom is 0.416 e. The van der Waals surface area contributed by atoms with E-state index in [1.165, 1.54) is 6.07 Å². The van der Waals surface area contributed by atoms with Crippen molar-refractivity contribution in [3.8, 4) is 6.01 Å². The summed E-state index contributed by atoms with van der Waals surface area (Å²) in [5.41, 5.74) is -0.0486. The van der Waals surface area contributed by atoms with Crippen molar-refractivity contribution in [1.82, 2.24) is 14.3 Å². The molecule has 0 N–H and O–H groups in total. The van der Waals surface area contributed by atoms with E-state index in [1.807, 2.05) is 6.92 Å². The standard InChI is InChI=1S/C18H20F3N3O3S/c1-2-13-10-22-17(23-11-13)27-15-6-4-8-24(12-15)28(25,26)16-7-3-5-14(9-16)18(19,20)21/h3,5,7,9-11,15H,2,4,6,8,12H2,1H3. The van der Waals surface area contributed by atoms with Gasteiger partial charge in [0.05, 0.1) is 17.0 Å². The smallest absolute Gasteiger partial charge is 0.416 e. The van der Waals surface area contributed by atoms with Crippen LogP contribution in [0.15, 0.2) is 41.6 Å². The molecule has 10 heteroatoms. The first-order chi connectivity index (χ1) is 13.2. The molecule has 1 atom stereocenters. The Morgan fingerprint density at radius 2 is 1.96 bits per heavy atom. The molecule has 1 aromatic heterocycles. The molecule has 3 rings (SSSR count). The Morgan fingerprint density at radius 3 is 2.61 bits per heavy atom. The summed E-state index contributed by atoms with van der Waals surface area (Å²) in [6.45, 7) is 2.21. The van der Waals surface area contributed by atoms with Crippen LogP contribution in [0.25, 0.3) is 0 Å². The summed E-state index contributed by atoms with van der Waals surface area (Å²) < 4.78 is 71.2. The van der Waals surface area contributed by atoms with Gasteiger partial charge in [0.2, 0.25) is 10.0 Å². The summed E-state index contributed by atoms with van der Waals surface area (Å²) in [5, 5.41) is 0. The lowest BCUT2D eigenvalue weighted by molar-refractivity contribution is -0.137. The molecule has 1 aliphatic heterocycles. The van der Waals surface area contributed by atoms with Gasteiger partial charge in [0.1, 0.15) is 6.10 Å². The molecule has 28 heavy (non-hydrogen) atoms. The maximum atomic E-state index is 12.9. The third-order valence-corrected chi connectivity index (χ3v) is 6.36. The van der Waals surface area contributed by atoms with E-state index < -0.39 is 27.9 Å². The van der Waals surface area contributed by atoms with Gasteiger partial charge in [0.15, 0.2) is 0 Å². The predicted molar refractivity (Wildman–Crippen MR) is 95.3 cm³/mol. The number of aromatic nitrogens is 2. The number of hydrogen-bond donors (Lipinski definition) is 0. The molecule has 6 nitrogen and oxygen atoms in total. The number of hydrogen-bond acceptors (Lipinski definition) is 5. The minimum atomic E-state index is -4.61. The molecule has 0 saturated carbocycles. The first-order valence-corrected chi connectivity index (χ1v) is 10.3. The van der Waals surface area contributed by atoms with E-state index in [0.717, 1.165) is 28.4 Å². The van der Waals surface area contributed by atoms with Gasteiger partial charge >= 0.3 is 12.2 Å². The van der Waals surface area contributed by atoms with Crippen molar-refractivity contribution in [2.24, 2.45) is 0 Å². The highest BCUT2D eigenvalue weighted by molar-refractivity contribution is 7.89. The van der Waals surface area contributed by atoms with Crippen molar-refractivity contribution in [3.05, 3.63) is 47.8 Å². The number of ether oxygens (including phenoxy) is 1. The Hall–Kier alpha value is -2.20. The van der Waals surface area contributed by atoms with E-state index in [2.05, 4.69) is 9.97 Å². The number of aryl methyl sites for hydroxylation is 1. The molecule has 0 amide bonds. The van der Waals surface area contributed by atoms with Crippen LogP contribution >= 0.6 is 0 Å². The van der Waals surface area contributed by atoms with Crippen molar-refractivity contribution < 1.29 is 26.3 Å². The van der Waals surface area contributed by atoms with Gasteiger partial charge in [-0.1, -0.05) is 13.0 Å². The van der Waals surface area contributed by atoms with Gasteiger partial charge in [-0.3, -0.25) is 0 Å². The second-order valence-corrected chi connectivity index (χ2v) is 8.44. The molecular formula is C18H20F3N3O3S. The van der Waals surface area contributed by atoms with Gasteiger partial charge in [-0.25, -0.2) is 18.4 Å². The fourth-order valence-corrected chi connectivity index (χ4v) is 4.49. The highest BCUT2D eigenvalue weighted by Gasteiger charge is 2.35. The minimum absolute atomic E-state index is 0.0253. The SMILES string of the molecule is CCc1cnc(OC2CCCN(S(=O)(=O)c3cccc(C(F)(F)F)c3)C2)nc1. The fourth-order valence-electron chi connectivity index (χ4n) is 2.94. The fraction of sp³-hybridized carbons (Fsp3) is 0.444. The van der Waals surface area contributed by atoms with Crippen LogP contribution < -0.4 is 4.74 Å². The molecule has 1 fully saturated rings. The number of nitrogens with zero attached hydrogens (tertiary/aromatic N) is 3. The molecule has 152 valence electrons. The Balaban J connectivity index is 1.75. The summed E-state index contributed by atoms with van der Waals surface area (Å²) in [5.74, 6) is 0. The largest absolute Gasteiger partial charge is 0.459 e. The van der Waals surface area contributed by atoms with Gasteiger partial charge < -0.3 is 4.74 Å². The lowest BCUT2D eigenvalue weighted by Gasteiger charge is -2.31. The Morgan fingerprint density at radius 1 is 1.25 bits per heavy atom. The van der Waals surface area contributed by atoms with Gasteiger partial charge in [-0.05, 0) is 43.0 Å². The molecule has 1 aromatic carbocycles. The van der Waals surface area contributed by atoms with Gasteiger partial charge in [0, 0.05) is 18.9 Å². The molecule has 2 heterocycles. The van der Waals surface area contributed by atoms with Gasteiger partial charge in [0.25, 0.3) is 0 Å². The lowest BCUT2D eigenvalue weighted by Crippen LogP contribution is -2.44. The van der Waals surface area contributed by atoms with E-state index in [-0.39, 0.29) is 24.0 Å². The minimum Gasteiger partial charge on any atom is -0.459 e. The van der Waals surface area contributed by atoms with Crippen LogP contribution in [0.4, 0.5) is 13.2 Å². The first-order valence-electron chi connectivity index (χ1n) is 8.85. The number of alkyl halides is 3. The number of piperidine rings is 1. The third kappa shape index (κ3) is 4.61. The van der Waals surface area contributed by atoms with E-state index >= 15 is 0 Å². The first kappa shape index (κ1) is 20.5. The van der Waals surface area contributed by atoms with Crippen LogP contribution in [0.5, 0.6) is 6.01 Å². The zero-order valence-electron chi connectivity index (χ0n) is 15.2. The Kier molecular flexibility index (Phi) is 5.90. The van der Waals surface area contributed by atoms with Crippen LogP contribution in [0, 0.1) is 0 Å². The monoisotopic (exact) mass is 415 g/mol. The second-order valence-electron chi connectivity index (χ2n) is 6.50. The second kappa shape index (κ2) is 8.04. The van der Waals surface area contributed by atoms with Crippen molar-refractivity contribution >= 4 is 10.0 Å². The number of halogens is 3. The summed E-state index contributed by atoms with van der Waals surface area (Å²) in [6, 6.07) is 3.92. The van der Waals surface area contributed by atoms with Crippen molar-refractivity contribution in [2.75, 3.05) is 13.1 Å². The third-order valence-electron chi connectivity index (χ3n) is 4.50. The topological polar surface area (TPSA) is 72.4 Å². The normalized spacial score (nSPS) is 18.8. The molecule has 0 bridgehead atoms. The van der Waals surface area contributed by atoms with Crippen molar-refractivity contribution in [2.45, 2.75) is 43.4 Å². The molecule has 0 radical (unpaired) electrons. The van der Waals surface area contributed by atoms with Crippen LogP contribution in [-0.2, 0) is 22.6 Å². The molecule has 1 unspecified atom stereocenters. The van der Waals surface area contributed by atoms with Crippen molar-refractivity contribution in [3.63, 3.8) is 0 Å². The summed E-state index contributed by atoms with van der Waals surface area (Å²) in [6.07, 6.45) is 0.115. The molecule has 0 aliphatic carbocycles.